The van der Waals surface area contributed by atoms with Crippen molar-refractivity contribution in [1.82, 2.24) is 15.3 Å². The predicted octanol–water partition coefficient (Wildman–Crippen LogP) is 0.542. The Kier molecular flexibility index (Phi) is 6.41. The Bertz CT molecular complexity index is 409. The van der Waals surface area contributed by atoms with Crippen molar-refractivity contribution >= 4 is 5.91 Å². The summed E-state index contributed by atoms with van der Waals surface area (Å²) in [6.45, 7) is 6.17. The molecule has 19 heavy (non-hydrogen) atoms. The van der Waals surface area contributed by atoms with Gasteiger partial charge in [-0.25, -0.2) is 10.8 Å². The average Bonchev–Trinajstić information content (AvgIpc) is 2.37. The molecule has 106 valence electrons. The lowest BCUT2D eigenvalue weighted by Crippen LogP contribution is -2.31. The fourth-order valence-corrected chi connectivity index (χ4v) is 1.57. The fourth-order valence-electron chi connectivity index (χ4n) is 1.57. The molecule has 1 aromatic rings. The average molecular weight is 266 g/mol. The number of pyridine rings is 1. The van der Waals surface area contributed by atoms with Crippen LogP contribution in [0.15, 0.2) is 18.2 Å². The predicted molar refractivity (Wildman–Crippen MR) is 73.3 cm³/mol. The second-order valence-electron chi connectivity index (χ2n) is 4.64. The van der Waals surface area contributed by atoms with Gasteiger partial charge in [0.2, 0.25) is 0 Å². The highest BCUT2D eigenvalue weighted by atomic mass is 16.5. The van der Waals surface area contributed by atoms with E-state index in [1.807, 2.05) is 27.0 Å². The van der Waals surface area contributed by atoms with Crippen LogP contribution in [0.25, 0.3) is 0 Å². The van der Waals surface area contributed by atoms with Gasteiger partial charge < -0.3 is 4.74 Å². The van der Waals surface area contributed by atoms with Crippen molar-refractivity contribution in [3.8, 4) is 0 Å². The van der Waals surface area contributed by atoms with Crippen molar-refractivity contribution in [2.75, 3.05) is 20.2 Å². The van der Waals surface area contributed by atoms with E-state index in [0.29, 0.717) is 18.8 Å². The molecule has 0 saturated carbocycles. The highest BCUT2D eigenvalue weighted by Gasteiger charge is 2.07. The number of rotatable bonds is 7. The minimum Gasteiger partial charge on any atom is -0.377 e. The van der Waals surface area contributed by atoms with E-state index in [1.54, 1.807) is 12.1 Å². The standard InChI is InChI=1S/C13H22N4O2/c1-10(2)19-8-7-17(3)9-11-5-4-6-12(15-11)13(18)16-14/h4-6,10H,7-9,14H2,1-3H3,(H,16,18). The number of carbonyl (C=O) groups is 1. The molecule has 1 amide bonds. The van der Waals surface area contributed by atoms with E-state index in [-0.39, 0.29) is 12.0 Å². The maximum Gasteiger partial charge on any atom is 0.283 e. The minimum absolute atomic E-state index is 0.239. The number of nitrogens with zero attached hydrogens (tertiary/aromatic N) is 2. The first kappa shape index (κ1) is 15.6. The van der Waals surface area contributed by atoms with Gasteiger partial charge >= 0.3 is 0 Å². The maximum absolute atomic E-state index is 11.4. The van der Waals surface area contributed by atoms with Crippen LogP contribution in [-0.2, 0) is 11.3 Å². The van der Waals surface area contributed by atoms with Crippen LogP contribution < -0.4 is 11.3 Å². The fraction of sp³-hybridized carbons (Fsp3) is 0.538. The molecule has 0 aliphatic rings. The number of hydrogen-bond donors (Lipinski definition) is 2. The van der Waals surface area contributed by atoms with Crippen molar-refractivity contribution in [3.63, 3.8) is 0 Å². The van der Waals surface area contributed by atoms with Gasteiger partial charge in [0.1, 0.15) is 5.69 Å². The third-order valence-electron chi connectivity index (χ3n) is 2.53. The Hall–Kier alpha value is -1.50. The van der Waals surface area contributed by atoms with Crippen LogP contribution in [0.3, 0.4) is 0 Å². The van der Waals surface area contributed by atoms with E-state index < -0.39 is 0 Å². The summed E-state index contributed by atoms with van der Waals surface area (Å²) < 4.78 is 5.49. The summed E-state index contributed by atoms with van der Waals surface area (Å²) in [7, 11) is 1.99. The molecule has 6 nitrogen and oxygen atoms in total. The topological polar surface area (TPSA) is 80.5 Å². The van der Waals surface area contributed by atoms with Crippen LogP contribution in [0.5, 0.6) is 0 Å². The number of aromatic nitrogens is 1. The smallest absolute Gasteiger partial charge is 0.283 e. The molecular formula is C13H22N4O2. The monoisotopic (exact) mass is 266 g/mol. The van der Waals surface area contributed by atoms with Gasteiger partial charge in [-0.3, -0.25) is 15.1 Å². The molecule has 0 atom stereocenters. The Morgan fingerprint density at radius 2 is 2.26 bits per heavy atom. The van der Waals surface area contributed by atoms with Crippen LogP contribution in [0.1, 0.15) is 30.0 Å². The van der Waals surface area contributed by atoms with Gasteiger partial charge in [0.15, 0.2) is 0 Å². The molecule has 0 bridgehead atoms. The van der Waals surface area contributed by atoms with E-state index in [0.717, 1.165) is 12.2 Å². The SMILES string of the molecule is CC(C)OCCN(C)Cc1cccc(C(=O)NN)n1. The van der Waals surface area contributed by atoms with Crippen LogP contribution in [0.2, 0.25) is 0 Å². The highest BCUT2D eigenvalue weighted by Crippen LogP contribution is 2.03. The molecule has 0 aromatic carbocycles. The summed E-state index contributed by atoms with van der Waals surface area (Å²) in [6.07, 6.45) is 0.239. The molecule has 0 saturated heterocycles. The van der Waals surface area contributed by atoms with Crippen LogP contribution in [0, 0.1) is 0 Å². The molecule has 0 radical (unpaired) electrons. The van der Waals surface area contributed by atoms with Crippen LogP contribution in [-0.4, -0.2) is 42.1 Å². The van der Waals surface area contributed by atoms with Crippen molar-refractivity contribution in [1.29, 1.82) is 0 Å². The van der Waals surface area contributed by atoms with Crippen molar-refractivity contribution in [2.45, 2.75) is 26.5 Å². The molecular weight excluding hydrogens is 244 g/mol. The molecule has 0 unspecified atom stereocenters. The van der Waals surface area contributed by atoms with Crippen LogP contribution >= 0.6 is 0 Å². The maximum atomic E-state index is 11.4. The number of hydrogen-bond acceptors (Lipinski definition) is 5. The quantitative estimate of drug-likeness (QED) is 0.428. The highest BCUT2D eigenvalue weighted by molar-refractivity contribution is 5.91. The number of likely N-dealkylation sites (N-methyl/N-ethyl adjacent to an activating group) is 1. The van der Waals surface area contributed by atoms with E-state index in [4.69, 9.17) is 10.6 Å². The Labute approximate surface area is 113 Å². The number of ether oxygens (including phenoxy) is 1. The number of nitrogen functional groups attached to an aromatic ring is 1. The lowest BCUT2D eigenvalue weighted by molar-refractivity contribution is 0.0625. The van der Waals surface area contributed by atoms with Crippen LogP contribution in [0.4, 0.5) is 0 Å². The first-order valence-corrected chi connectivity index (χ1v) is 6.30. The number of nitrogens with one attached hydrogen (secondary N) is 1. The van der Waals surface area contributed by atoms with E-state index in [1.165, 1.54) is 0 Å². The van der Waals surface area contributed by atoms with Crippen molar-refractivity contribution < 1.29 is 9.53 Å². The first-order valence-electron chi connectivity index (χ1n) is 6.30. The number of nitrogens with two attached hydrogens (primary N) is 1. The van der Waals surface area contributed by atoms with Gasteiger partial charge in [-0.1, -0.05) is 6.07 Å². The molecule has 0 aliphatic carbocycles. The third-order valence-corrected chi connectivity index (χ3v) is 2.53. The minimum atomic E-state index is -0.382. The van der Waals surface area contributed by atoms with Gasteiger partial charge in [0.05, 0.1) is 18.4 Å². The molecule has 6 heteroatoms. The Morgan fingerprint density at radius 3 is 2.89 bits per heavy atom. The Morgan fingerprint density at radius 1 is 1.53 bits per heavy atom. The second-order valence-corrected chi connectivity index (χ2v) is 4.64. The number of hydrazine groups is 1. The van der Waals surface area contributed by atoms with E-state index in [2.05, 4.69) is 15.3 Å². The second kappa shape index (κ2) is 7.83. The zero-order valence-electron chi connectivity index (χ0n) is 11.7. The van der Waals surface area contributed by atoms with Gasteiger partial charge in [-0.05, 0) is 33.0 Å². The van der Waals surface area contributed by atoms with Crippen molar-refractivity contribution in [3.05, 3.63) is 29.6 Å². The molecule has 3 N–H and O–H groups in total. The van der Waals surface area contributed by atoms with E-state index >= 15 is 0 Å². The zero-order chi connectivity index (χ0) is 14.3. The Balaban J connectivity index is 2.50. The summed E-state index contributed by atoms with van der Waals surface area (Å²) in [5.74, 6) is 4.70. The summed E-state index contributed by atoms with van der Waals surface area (Å²) in [4.78, 5) is 17.7. The lowest BCUT2D eigenvalue weighted by Gasteiger charge is -2.17. The van der Waals surface area contributed by atoms with Gasteiger partial charge in [0, 0.05) is 13.1 Å². The van der Waals surface area contributed by atoms with Gasteiger partial charge in [0.25, 0.3) is 5.91 Å². The largest absolute Gasteiger partial charge is 0.377 e. The summed E-state index contributed by atoms with van der Waals surface area (Å²) in [5, 5.41) is 0. The molecule has 0 fully saturated rings. The normalized spacial score (nSPS) is 11.1. The molecule has 1 rings (SSSR count). The van der Waals surface area contributed by atoms with E-state index in [9.17, 15) is 4.79 Å². The zero-order valence-corrected chi connectivity index (χ0v) is 11.7. The summed E-state index contributed by atoms with van der Waals surface area (Å²) >= 11 is 0. The molecule has 1 heterocycles. The summed E-state index contributed by atoms with van der Waals surface area (Å²) in [5.41, 5.74) is 3.23. The number of amides is 1. The van der Waals surface area contributed by atoms with Gasteiger partial charge in [-0.15, -0.1) is 0 Å². The van der Waals surface area contributed by atoms with Crippen molar-refractivity contribution in [2.24, 2.45) is 5.84 Å². The molecule has 0 aliphatic heterocycles. The third kappa shape index (κ3) is 5.78. The molecule has 0 spiro atoms. The summed E-state index contributed by atoms with van der Waals surface area (Å²) in [6, 6.07) is 5.31. The number of carbonyl (C=O) groups excluding carboxylic acids is 1. The lowest BCUT2D eigenvalue weighted by atomic mass is 10.3. The van der Waals surface area contributed by atoms with Gasteiger partial charge in [-0.2, -0.15) is 0 Å². The first-order chi connectivity index (χ1) is 9.02. The molecule has 1 aromatic heterocycles.